The maximum atomic E-state index is 12.2. The van der Waals surface area contributed by atoms with Crippen molar-refractivity contribution in [1.82, 2.24) is 4.98 Å². The smallest absolute Gasteiger partial charge is 0.262 e. The molecule has 0 saturated heterocycles. The van der Waals surface area contributed by atoms with E-state index in [1.165, 1.54) is 24.4 Å². The number of anilines is 2. The molecule has 1 unspecified atom stereocenters. The van der Waals surface area contributed by atoms with Gasteiger partial charge in [0.15, 0.2) is 5.13 Å². The van der Waals surface area contributed by atoms with E-state index in [4.69, 9.17) is 5.73 Å². The summed E-state index contributed by atoms with van der Waals surface area (Å²) < 4.78 is 0. The number of dihydropyridines is 1. The van der Waals surface area contributed by atoms with Crippen molar-refractivity contribution in [2.75, 3.05) is 10.6 Å². The summed E-state index contributed by atoms with van der Waals surface area (Å²) in [5, 5.41) is 7.04. The van der Waals surface area contributed by atoms with Gasteiger partial charge in [-0.1, -0.05) is 18.2 Å². The third kappa shape index (κ3) is 4.54. The van der Waals surface area contributed by atoms with Crippen LogP contribution in [0.4, 0.5) is 10.8 Å². The molecule has 4 amide bonds. The number of hydrogen-bond acceptors (Lipinski definition) is 6. The number of aliphatic imine (C=N–C) groups is 1. The van der Waals surface area contributed by atoms with Crippen molar-refractivity contribution in [3.05, 3.63) is 53.1 Å². The molecular formula is C18H15N5O4S. The first-order valence-corrected chi connectivity index (χ1v) is 9.00. The Hall–Kier alpha value is -3.66. The molecule has 0 spiro atoms. The monoisotopic (exact) mass is 397 g/mol. The number of benzene rings is 1. The van der Waals surface area contributed by atoms with E-state index in [-0.39, 0.29) is 17.1 Å². The van der Waals surface area contributed by atoms with Gasteiger partial charge in [0, 0.05) is 11.6 Å². The Kier molecular flexibility index (Phi) is 5.70. The van der Waals surface area contributed by atoms with Gasteiger partial charge in [-0.05, 0) is 18.2 Å². The number of hydrogen-bond donors (Lipinski definition) is 3. The van der Waals surface area contributed by atoms with E-state index in [9.17, 15) is 19.2 Å². The van der Waals surface area contributed by atoms with Crippen LogP contribution in [0.3, 0.4) is 0 Å². The normalized spacial score (nSPS) is 15.3. The molecular weight excluding hydrogens is 382 g/mol. The maximum Gasteiger partial charge on any atom is 0.262 e. The van der Waals surface area contributed by atoms with Crippen molar-refractivity contribution < 1.29 is 19.2 Å². The molecule has 28 heavy (non-hydrogen) atoms. The highest BCUT2D eigenvalue weighted by atomic mass is 32.1. The van der Waals surface area contributed by atoms with Gasteiger partial charge < -0.3 is 16.4 Å². The Morgan fingerprint density at radius 2 is 1.96 bits per heavy atom. The van der Waals surface area contributed by atoms with Gasteiger partial charge in [0.25, 0.3) is 11.8 Å². The summed E-state index contributed by atoms with van der Waals surface area (Å²) in [7, 11) is 0. The van der Waals surface area contributed by atoms with Crippen molar-refractivity contribution in [3.8, 4) is 0 Å². The van der Waals surface area contributed by atoms with Crippen LogP contribution in [0.1, 0.15) is 16.1 Å². The summed E-state index contributed by atoms with van der Waals surface area (Å²) in [6.07, 6.45) is 4.23. The molecule has 10 heteroatoms. The number of carbonyl (C=O) groups excluding carboxylic acids is 4. The van der Waals surface area contributed by atoms with Crippen molar-refractivity contribution in [1.29, 1.82) is 0 Å². The van der Waals surface area contributed by atoms with Crippen molar-refractivity contribution in [3.63, 3.8) is 0 Å². The van der Waals surface area contributed by atoms with Crippen LogP contribution in [-0.2, 0) is 20.8 Å². The predicted octanol–water partition coefficient (Wildman–Crippen LogP) is 1.15. The first-order valence-electron chi connectivity index (χ1n) is 8.12. The lowest BCUT2D eigenvalue weighted by Gasteiger charge is -2.09. The minimum absolute atomic E-state index is 0.0635. The highest BCUT2D eigenvalue weighted by Crippen LogP contribution is 2.19. The summed E-state index contributed by atoms with van der Waals surface area (Å²) in [5.41, 5.74) is 6.23. The molecule has 1 aliphatic rings. The Bertz CT molecular complexity index is 1010. The zero-order valence-electron chi connectivity index (χ0n) is 14.4. The lowest BCUT2D eigenvalue weighted by Crippen LogP contribution is -2.28. The second kappa shape index (κ2) is 8.35. The molecule has 1 aromatic carbocycles. The molecule has 9 nitrogen and oxygen atoms in total. The number of thiazole rings is 1. The van der Waals surface area contributed by atoms with Gasteiger partial charge in [-0.25, -0.2) is 9.98 Å². The van der Waals surface area contributed by atoms with Gasteiger partial charge >= 0.3 is 0 Å². The average molecular weight is 397 g/mol. The maximum absolute atomic E-state index is 12.2. The van der Waals surface area contributed by atoms with Crippen LogP contribution in [-0.4, -0.2) is 34.8 Å². The highest BCUT2D eigenvalue weighted by Gasteiger charge is 2.25. The first kappa shape index (κ1) is 19.1. The molecule has 3 rings (SSSR count). The summed E-state index contributed by atoms with van der Waals surface area (Å²) >= 11 is 1.13. The van der Waals surface area contributed by atoms with Gasteiger partial charge in [0.05, 0.1) is 23.4 Å². The zero-order chi connectivity index (χ0) is 20.1. The van der Waals surface area contributed by atoms with Crippen LogP contribution in [0.2, 0.25) is 0 Å². The van der Waals surface area contributed by atoms with E-state index in [2.05, 4.69) is 20.6 Å². The van der Waals surface area contributed by atoms with Gasteiger partial charge in [-0.2, -0.15) is 0 Å². The second-order valence-corrected chi connectivity index (χ2v) is 6.61. The molecule has 2 heterocycles. The van der Waals surface area contributed by atoms with Crippen LogP contribution in [0.25, 0.3) is 0 Å². The SMILES string of the molecule is NC(=O)c1ccccc1NC(=O)Cc1csc(NC(=O)C2C=CC=NC2=O)n1. The number of allylic oxidation sites excluding steroid dienone is 1. The number of para-hydroxylation sites is 1. The van der Waals surface area contributed by atoms with Crippen molar-refractivity contribution in [2.24, 2.45) is 16.6 Å². The van der Waals surface area contributed by atoms with Crippen LogP contribution in [0.5, 0.6) is 0 Å². The average Bonchev–Trinajstić information content (AvgIpc) is 3.08. The number of nitrogens with one attached hydrogen (secondary N) is 2. The minimum atomic E-state index is -0.994. The number of carbonyl (C=O) groups is 4. The van der Waals surface area contributed by atoms with Gasteiger partial charge in [0.1, 0.15) is 5.92 Å². The first-order chi connectivity index (χ1) is 13.4. The van der Waals surface area contributed by atoms with E-state index in [1.807, 2.05) is 0 Å². The van der Waals surface area contributed by atoms with E-state index in [0.717, 1.165) is 11.3 Å². The van der Waals surface area contributed by atoms with Crippen molar-refractivity contribution in [2.45, 2.75) is 6.42 Å². The molecule has 1 aromatic heterocycles. The Balaban J connectivity index is 1.60. The molecule has 142 valence electrons. The molecule has 4 N–H and O–H groups in total. The van der Waals surface area contributed by atoms with E-state index in [0.29, 0.717) is 11.4 Å². The molecule has 0 bridgehead atoms. The number of nitrogens with two attached hydrogens (primary N) is 1. The van der Waals surface area contributed by atoms with Crippen LogP contribution in [0, 0.1) is 5.92 Å². The third-order valence-electron chi connectivity index (χ3n) is 3.73. The van der Waals surface area contributed by atoms with Gasteiger partial charge in [-0.15, -0.1) is 11.3 Å². The van der Waals surface area contributed by atoms with Crippen molar-refractivity contribution >= 4 is 52.0 Å². The Labute approximate surface area is 163 Å². The van der Waals surface area contributed by atoms with Crippen LogP contribution >= 0.6 is 11.3 Å². The number of aromatic nitrogens is 1. The molecule has 0 aliphatic carbocycles. The number of rotatable bonds is 6. The van der Waals surface area contributed by atoms with Gasteiger partial charge in [0.2, 0.25) is 11.8 Å². The fourth-order valence-electron chi connectivity index (χ4n) is 2.43. The summed E-state index contributed by atoms with van der Waals surface area (Å²) in [5.74, 6) is -3.13. The van der Waals surface area contributed by atoms with E-state index >= 15 is 0 Å². The summed E-state index contributed by atoms with van der Waals surface area (Å²) in [6.45, 7) is 0. The topological polar surface area (TPSA) is 144 Å². The molecule has 1 aliphatic heterocycles. The lowest BCUT2D eigenvalue weighted by molar-refractivity contribution is -0.128. The molecule has 0 saturated carbocycles. The lowest BCUT2D eigenvalue weighted by atomic mass is 10.1. The van der Waals surface area contributed by atoms with E-state index in [1.54, 1.807) is 23.6 Å². The minimum Gasteiger partial charge on any atom is -0.366 e. The fourth-order valence-corrected chi connectivity index (χ4v) is 3.15. The fraction of sp³-hybridized carbons (Fsp3) is 0.111. The number of nitrogens with zero attached hydrogens (tertiary/aromatic N) is 2. The van der Waals surface area contributed by atoms with E-state index < -0.39 is 29.5 Å². The van der Waals surface area contributed by atoms with Gasteiger partial charge in [-0.3, -0.25) is 19.2 Å². The third-order valence-corrected chi connectivity index (χ3v) is 4.54. The zero-order valence-corrected chi connectivity index (χ0v) is 15.2. The molecule has 0 fully saturated rings. The van der Waals surface area contributed by atoms with Crippen LogP contribution in [0.15, 0.2) is 46.8 Å². The number of amides is 4. The quantitative estimate of drug-likeness (QED) is 0.626. The molecule has 1 atom stereocenters. The molecule has 0 radical (unpaired) electrons. The number of primary amides is 1. The Morgan fingerprint density at radius 1 is 1.18 bits per heavy atom. The molecule has 2 aromatic rings. The highest BCUT2D eigenvalue weighted by molar-refractivity contribution is 7.14. The van der Waals surface area contributed by atoms with Crippen LogP contribution < -0.4 is 16.4 Å². The second-order valence-electron chi connectivity index (χ2n) is 5.75. The summed E-state index contributed by atoms with van der Waals surface area (Å²) in [4.78, 5) is 55.1. The largest absolute Gasteiger partial charge is 0.366 e. The predicted molar refractivity (Wildman–Crippen MR) is 104 cm³/mol. The standard InChI is InChI=1S/C18H15N5O4S/c19-15(25)11-4-1-2-6-13(11)22-14(24)8-10-9-28-18(21-10)23-17(27)12-5-3-7-20-16(12)26/h1-7,9,12H,8H2,(H2,19,25)(H,22,24)(H,21,23,27). The summed E-state index contributed by atoms with van der Waals surface area (Å²) in [6, 6.07) is 6.40. The Morgan fingerprint density at radius 3 is 2.71 bits per heavy atom.